The second-order valence-electron chi connectivity index (χ2n) is 6.86. The molecule has 0 aromatic heterocycles. The predicted octanol–water partition coefficient (Wildman–Crippen LogP) is 4.18. The van der Waals surface area contributed by atoms with Gasteiger partial charge in [-0.15, -0.1) is 0 Å². The fraction of sp³-hybridized carbons (Fsp3) is 0.333. The van der Waals surface area contributed by atoms with Gasteiger partial charge in [0.15, 0.2) is 0 Å². The topological polar surface area (TPSA) is 58.2 Å². The highest BCUT2D eigenvalue weighted by Crippen LogP contribution is 2.41. The molecule has 0 radical (unpaired) electrons. The minimum Gasteiger partial charge on any atom is -0.352 e. The van der Waals surface area contributed by atoms with Gasteiger partial charge in [0.1, 0.15) is 5.82 Å². The molecule has 0 atom stereocenters. The third-order valence-corrected chi connectivity index (χ3v) is 5.21. The lowest BCUT2D eigenvalue weighted by atomic mass is 9.71. The summed E-state index contributed by atoms with van der Waals surface area (Å²) in [4.78, 5) is 24.3. The summed E-state index contributed by atoms with van der Waals surface area (Å²) < 4.78 is 13.1. The molecule has 0 saturated heterocycles. The number of benzene rings is 2. The largest absolute Gasteiger partial charge is 0.352 e. The monoisotopic (exact) mass is 388 g/mol. The van der Waals surface area contributed by atoms with Crippen molar-refractivity contribution in [1.82, 2.24) is 10.6 Å². The zero-order chi connectivity index (χ0) is 19.3. The molecular formula is C21H22ClFN2O2. The van der Waals surface area contributed by atoms with Crippen LogP contribution < -0.4 is 10.6 Å². The van der Waals surface area contributed by atoms with E-state index >= 15 is 0 Å². The quantitative estimate of drug-likeness (QED) is 0.699. The first-order valence-corrected chi connectivity index (χ1v) is 9.47. The standard InChI is InChI=1S/C21H22ClFN2O2/c22-17-8-4-15(5-9-17)20(27)24-14-1-3-19(26)25-21(12-2-13-21)16-6-10-18(23)11-7-16/h4-11H,1-3,12-14H2,(H,24,27)(H,25,26). The van der Waals surface area contributed by atoms with E-state index in [9.17, 15) is 14.0 Å². The lowest BCUT2D eigenvalue weighted by Crippen LogP contribution is -2.50. The second kappa shape index (κ2) is 8.53. The number of amides is 2. The van der Waals surface area contributed by atoms with Crippen molar-refractivity contribution in [2.45, 2.75) is 37.6 Å². The Labute approximate surface area is 163 Å². The van der Waals surface area contributed by atoms with Crippen LogP contribution in [0.3, 0.4) is 0 Å². The van der Waals surface area contributed by atoms with E-state index in [1.54, 1.807) is 36.4 Å². The van der Waals surface area contributed by atoms with Crippen LogP contribution in [0, 0.1) is 5.82 Å². The van der Waals surface area contributed by atoms with Gasteiger partial charge < -0.3 is 10.6 Å². The molecule has 27 heavy (non-hydrogen) atoms. The van der Waals surface area contributed by atoms with Gasteiger partial charge >= 0.3 is 0 Å². The van der Waals surface area contributed by atoms with Crippen LogP contribution in [0.15, 0.2) is 48.5 Å². The van der Waals surface area contributed by atoms with Gasteiger partial charge in [-0.25, -0.2) is 4.39 Å². The minimum absolute atomic E-state index is 0.0558. The van der Waals surface area contributed by atoms with Crippen LogP contribution in [-0.2, 0) is 10.3 Å². The zero-order valence-electron chi connectivity index (χ0n) is 14.9. The molecule has 0 unspecified atom stereocenters. The molecule has 1 saturated carbocycles. The molecule has 2 aromatic rings. The number of hydrogen-bond donors (Lipinski definition) is 2. The second-order valence-corrected chi connectivity index (χ2v) is 7.29. The summed E-state index contributed by atoms with van der Waals surface area (Å²) in [6, 6.07) is 13.0. The summed E-state index contributed by atoms with van der Waals surface area (Å²) in [7, 11) is 0. The van der Waals surface area contributed by atoms with Gasteiger partial charge in [0, 0.05) is 23.6 Å². The number of carbonyl (C=O) groups is 2. The number of rotatable bonds is 7. The highest BCUT2D eigenvalue weighted by molar-refractivity contribution is 6.30. The van der Waals surface area contributed by atoms with Gasteiger partial charge in [-0.3, -0.25) is 9.59 Å². The van der Waals surface area contributed by atoms with Crippen molar-refractivity contribution in [3.05, 3.63) is 70.5 Å². The summed E-state index contributed by atoms with van der Waals surface area (Å²) in [5.41, 5.74) is 1.10. The molecule has 4 nitrogen and oxygen atoms in total. The average molecular weight is 389 g/mol. The van der Waals surface area contributed by atoms with Gasteiger partial charge in [-0.2, -0.15) is 0 Å². The van der Waals surface area contributed by atoms with E-state index in [2.05, 4.69) is 10.6 Å². The van der Waals surface area contributed by atoms with Crippen LogP contribution in [0.5, 0.6) is 0 Å². The van der Waals surface area contributed by atoms with E-state index in [4.69, 9.17) is 11.6 Å². The van der Waals surface area contributed by atoms with Crippen LogP contribution in [-0.4, -0.2) is 18.4 Å². The first-order chi connectivity index (χ1) is 13.0. The van der Waals surface area contributed by atoms with E-state index in [1.807, 2.05) is 0 Å². The summed E-state index contributed by atoms with van der Waals surface area (Å²) in [6.07, 6.45) is 3.62. The number of halogens is 2. The van der Waals surface area contributed by atoms with Crippen molar-refractivity contribution in [1.29, 1.82) is 0 Å². The fourth-order valence-corrected chi connectivity index (χ4v) is 3.39. The van der Waals surface area contributed by atoms with E-state index in [1.165, 1.54) is 12.1 Å². The number of carbonyl (C=O) groups excluding carboxylic acids is 2. The third kappa shape index (κ3) is 4.86. The Kier molecular flexibility index (Phi) is 6.11. The minimum atomic E-state index is -0.378. The maximum Gasteiger partial charge on any atom is 0.251 e. The van der Waals surface area contributed by atoms with Crippen LogP contribution in [0.4, 0.5) is 4.39 Å². The summed E-state index contributed by atoms with van der Waals surface area (Å²) >= 11 is 5.80. The Bertz CT molecular complexity index is 802. The van der Waals surface area contributed by atoms with Gasteiger partial charge in [-0.1, -0.05) is 23.7 Å². The first-order valence-electron chi connectivity index (χ1n) is 9.09. The van der Waals surface area contributed by atoms with Crippen LogP contribution in [0.1, 0.15) is 48.0 Å². The van der Waals surface area contributed by atoms with Crippen molar-refractivity contribution < 1.29 is 14.0 Å². The van der Waals surface area contributed by atoms with E-state index in [0.717, 1.165) is 24.8 Å². The molecule has 3 rings (SSSR count). The van der Waals surface area contributed by atoms with Crippen LogP contribution in [0.25, 0.3) is 0 Å². The van der Waals surface area contributed by atoms with Crippen molar-refractivity contribution in [2.24, 2.45) is 0 Å². The Morgan fingerprint density at radius 2 is 1.70 bits per heavy atom. The van der Waals surface area contributed by atoms with E-state index in [-0.39, 0.29) is 23.2 Å². The molecule has 0 bridgehead atoms. The Morgan fingerprint density at radius 3 is 2.30 bits per heavy atom. The third-order valence-electron chi connectivity index (χ3n) is 4.96. The summed E-state index contributed by atoms with van der Waals surface area (Å²) in [5.74, 6) is -0.524. The van der Waals surface area contributed by atoms with E-state index in [0.29, 0.717) is 30.0 Å². The molecular weight excluding hydrogens is 367 g/mol. The van der Waals surface area contributed by atoms with Crippen molar-refractivity contribution in [3.8, 4) is 0 Å². The van der Waals surface area contributed by atoms with Crippen molar-refractivity contribution >= 4 is 23.4 Å². The highest BCUT2D eigenvalue weighted by atomic mass is 35.5. The van der Waals surface area contributed by atoms with Gasteiger partial charge in [0.05, 0.1) is 5.54 Å². The molecule has 2 amide bonds. The first kappa shape index (κ1) is 19.4. The lowest BCUT2D eigenvalue weighted by Gasteiger charge is -2.43. The Morgan fingerprint density at radius 1 is 1.04 bits per heavy atom. The van der Waals surface area contributed by atoms with Gasteiger partial charge in [-0.05, 0) is 67.6 Å². The Hall–Kier alpha value is -2.40. The molecule has 142 valence electrons. The molecule has 2 aromatic carbocycles. The summed E-state index contributed by atoms with van der Waals surface area (Å²) in [6.45, 7) is 0.415. The SMILES string of the molecule is O=C(CCCNC(=O)c1ccc(Cl)cc1)NC1(c2ccc(F)cc2)CCC1. The maximum atomic E-state index is 13.1. The molecule has 0 aliphatic heterocycles. The van der Waals surface area contributed by atoms with E-state index < -0.39 is 0 Å². The van der Waals surface area contributed by atoms with Gasteiger partial charge in [0.2, 0.25) is 5.91 Å². The zero-order valence-corrected chi connectivity index (χ0v) is 15.7. The molecule has 0 heterocycles. The van der Waals surface area contributed by atoms with Gasteiger partial charge in [0.25, 0.3) is 5.91 Å². The maximum absolute atomic E-state index is 13.1. The fourth-order valence-electron chi connectivity index (χ4n) is 3.27. The summed E-state index contributed by atoms with van der Waals surface area (Å²) in [5, 5.41) is 6.48. The number of nitrogens with one attached hydrogen (secondary N) is 2. The molecule has 1 fully saturated rings. The molecule has 1 aliphatic rings. The van der Waals surface area contributed by atoms with Crippen LogP contribution >= 0.6 is 11.6 Å². The molecule has 1 aliphatic carbocycles. The normalized spacial score (nSPS) is 14.9. The molecule has 0 spiro atoms. The van der Waals surface area contributed by atoms with Crippen molar-refractivity contribution in [2.75, 3.05) is 6.54 Å². The predicted molar refractivity (Wildman–Crippen MR) is 103 cm³/mol. The molecule has 6 heteroatoms. The Balaban J connectivity index is 1.44. The smallest absolute Gasteiger partial charge is 0.251 e. The highest BCUT2D eigenvalue weighted by Gasteiger charge is 2.39. The number of hydrogen-bond acceptors (Lipinski definition) is 2. The molecule has 2 N–H and O–H groups in total. The van der Waals surface area contributed by atoms with Crippen LogP contribution in [0.2, 0.25) is 5.02 Å². The average Bonchev–Trinajstić information content (AvgIpc) is 2.63. The lowest BCUT2D eigenvalue weighted by molar-refractivity contribution is -0.124. The van der Waals surface area contributed by atoms with Crippen molar-refractivity contribution in [3.63, 3.8) is 0 Å².